The Kier molecular flexibility index (Phi) is 2.48. The highest BCUT2D eigenvalue weighted by atomic mass is 79.9. The van der Waals surface area contributed by atoms with E-state index in [0.717, 1.165) is 4.47 Å². The van der Waals surface area contributed by atoms with Crippen molar-refractivity contribution in [3.05, 3.63) is 21.9 Å². The maximum Gasteiger partial charge on any atom is 0.153 e. The lowest BCUT2D eigenvalue weighted by atomic mass is 10.4. The van der Waals surface area contributed by atoms with Crippen LogP contribution >= 0.6 is 27.5 Å². The van der Waals surface area contributed by atoms with Gasteiger partial charge in [0.15, 0.2) is 5.15 Å². The molecule has 1 rings (SSSR count). The van der Waals surface area contributed by atoms with Crippen molar-refractivity contribution in [2.24, 2.45) is 5.84 Å². The normalized spacial score (nSPS) is 9.50. The first kappa shape index (κ1) is 7.78. The fraction of sp³-hybridized carbons (Fsp3) is 0. The Morgan fingerprint density at radius 2 is 2.40 bits per heavy atom. The molecule has 0 atom stereocenters. The van der Waals surface area contributed by atoms with Crippen LogP contribution < -0.4 is 11.3 Å². The molecule has 0 amide bonds. The molecule has 0 saturated carbocycles. The van der Waals surface area contributed by atoms with E-state index in [1.807, 2.05) is 0 Å². The van der Waals surface area contributed by atoms with E-state index in [0.29, 0.717) is 10.8 Å². The summed E-state index contributed by atoms with van der Waals surface area (Å²) in [6, 6.07) is 1.75. The van der Waals surface area contributed by atoms with Crippen molar-refractivity contribution >= 4 is 33.2 Å². The Labute approximate surface area is 71.7 Å². The molecule has 0 radical (unpaired) electrons. The van der Waals surface area contributed by atoms with Crippen molar-refractivity contribution in [3.8, 4) is 0 Å². The lowest BCUT2D eigenvalue weighted by Crippen LogP contribution is -2.07. The predicted octanol–water partition coefficient (Wildman–Crippen LogP) is 1.78. The highest BCUT2D eigenvalue weighted by Crippen LogP contribution is 2.21. The molecular weight excluding hydrogens is 217 g/mol. The first-order valence-electron chi connectivity index (χ1n) is 2.51. The number of halogens is 2. The van der Waals surface area contributed by atoms with Crippen LogP contribution in [0.2, 0.25) is 5.15 Å². The summed E-state index contributed by atoms with van der Waals surface area (Å²) >= 11 is 8.84. The van der Waals surface area contributed by atoms with E-state index in [-0.39, 0.29) is 0 Å². The van der Waals surface area contributed by atoms with Crippen LogP contribution in [0.4, 0.5) is 5.69 Å². The molecule has 0 aliphatic heterocycles. The molecule has 0 bridgehead atoms. The second kappa shape index (κ2) is 3.18. The second-order valence-electron chi connectivity index (χ2n) is 1.64. The Balaban J connectivity index is 3.09. The van der Waals surface area contributed by atoms with Crippen LogP contribution in [0.25, 0.3) is 0 Å². The largest absolute Gasteiger partial charge is 0.321 e. The van der Waals surface area contributed by atoms with E-state index in [1.54, 1.807) is 12.3 Å². The Morgan fingerprint density at radius 3 is 2.90 bits per heavy atom. The Bertz CT molecular complexity index is 240. The first-order valence-corrected chi connectivity index (χ1v) is 3.69. The molecule has 5 heteroatoms. The maximum atomic E-state index is 5.62. The van der Waals surface area contributed by atoms with Gasteiger partial charge in [-0.05, 0) is 22.0 Å². The number of pyridine rings is 1. The van der Waals surface area contributed by atoms with Crippen LogP contribution in [0.1, 0.15) is 0 Å². The zero-order valence-electron chi connectivity index (χ0n) is 4.94. The summed E-state index contributed by atoms with van der Waals surface area (Å²) in [6.45, 7) is 0. The van der Waals surface area contributed by atoms with Gasteiger partial charge in [0.2, 0.25) is 0 Å². The van der Waals surface area contributed by atoms with Crippen molar-refractivity contribution in [1.82, 2.24) is 4.98 Å². The average Bonchev–Trinajstić information content (AvgIpc) is 1.94. The molecule has 10 heavy (non-hydrogen) atoms. The summed E-state index contributed by atoms with van der Waals surface area (Å²) in [5, 5.41) is 0.366. The fourth-order valence-corrected chi connectivity index (χ4v) is 1.01. The van der Waals surface area contributed by atoms with E-state index < -0.39 is 0 Å². The van der Waals surface area contributed by atoms with Crippen LogP contribution in [0.5, 0.6) is 0 Å². The van der Waals surface area contributed by atoms with Crippen LogP contribution in [0.3, 0.4) is 0 Å². The number of nitrogens with one attached hydrogen (secondary N) is 1. The Morgan fingerprint density at radius 1 is 1.70 bits per heavy atom. The number of nitrogens with zero attached hydrogens (tertiary/aromatic N) is 1. The Hall–Kier alpha value is -0.320. The van der Waals surface area contributed by atoms with Gasteiger partial charge in [-0.25, -0.2) is 4.98 Å². The second-order valence-corrected chi connectivity index (χ2v) is 2.91. The number of nitrogens with two attached hydrogens (primary N) is 1. The van der Waals surface area contributed by atoms with Crippen molar-refractivity contribution in [2.75, 3.05) is 5.43 Å². The molecule has 0 unspecified atom stereocenters. The number of hydrazine groups is 1. The van der Waals surface area contributed by atoms with Crippen molar-refractivity contribution < 1.29 is 0 Å². The van der Waals surface area contributed by atoms with Gasteiger partial charge < -0.3 is 5.43 Å². The SMILES string of the molecule is NNc1cc(Br)cnc1Cl. The third-order valence-corrected chi connectivity index (χ3v) is 1.70. The molecule has 1 heterocycles. The monoisotopic (exact) mass is 221 g/mol. The smallest absolute Gasteiger partial charge is 0.153 e. The van der Waals surface area contributed by atoms with Crippen LogP contribution in [0.15, 0.2) is 16.7 Å². The molecule has 1 aromatic heterocycles. The molecule has 0 aliphatic rings. The number of hydrogen-bond donors (Lipinski definition) is 2. The quantitative estimate of drug-likeness (QED) is 0.433. The van der Waals surface area contributed by atoms with E-state index in [4.69, 9.17) is 17.4 Å². The summed E-state index contributed by atoms with van der Waals surface area (Å²) in [5.74, 6) is 5.12. The molecule has 0 fully saturated rings. The minimum absolute atomic E-state index is 0.366. The molecule has 3 nitrogen and oxygen atoms in total. The molecule has 1 aromatic rings. The minimum Gasteiger partial charge on any atom is -0.321 e. The highest BCUT2D eigenvalue weighted by molar-refractivity contribution is 9.10. The van der Waals surface area contributed by atoms with Crippen molar-refractivity contribution in [2.45, 2.75) is 0 Å². The van der Waals surface area contributed by atoms with Crippen molar-refractivity contribution in [1.29, 1.82) is 0 Å². The summed E-state index contributed by atoms with van der Waals surface area (Å²) in [7, 11) is 0. The molecule has 0 aromatic carbocycles. The third-order valence-electron chi connectivity index (χ3n) is 0.961. The number of anilines is 1. The highest BCUT2D eigenvalue weighted by Gasteiger charge is 1.98. The lowest BCUT2D eigenvalue weighted by Gasteiger charge is -2.00. The van der Waals surface area contributed by atoms with Crippen LogP contribution in [-0.4, -0.2) is 4.98 Å². The van der Waals surface area contributed by atoms with E-state index in [2.05, 4.69) is 26.3 Å². The van der Waals surface area contributed by atoms with Gasteiger partial charge in [0.25, 0.3) is 0 Å². The van der Waals surface area contributed by atoms with Gasteiger partial charge in [-0.15, -0.1) is 0 Å². The number of aromatic nitrogens is 1. The molecule has 0 saturated heterocycles. The van der Waals surface area contributed by atoms with Gasteiger partial charge in [0.05, 0.1) is 5.69 Å². The van der Waals surface area contributed by atoms with Gasteiger partial charge in [-0.2, -0.15) is 0 Å². The zero-order chi connectivity index (χ0) is 7.56. The number of hydrogen-bond acceptors (Lipinski definition) is 3. The van der Waals surface area contributed by atoms with Crippen LogP contribution in [0, 0.1) is 0 Å². The predicted molar refractivity (Wildman–Crippen MR) is 44.8 cm³/mol. The standard InChI is InChI=1S/C5H5BrClN3/c6-3-1-4(10-8)5(7)9-2-3/h1-2,10H,8H2. The zero-order valence-corrected chi connectivity index (χ0v) is 7.28. The molecule has 0 aliphatic carbocycles. The van der Waals surface area contributed by atoms with Gasteiger partial charge in [-0.1, -0.05) is 11.6 Å². The van der Waals surface area contributed by atoms with Gasteiger partial charge in [0.1, 0.15) is 0 Å². The summed E-state index contributed by atoms with van der Waals surface area (Å²) < 4.78 is 0.838. The first-order chi connectivity index (χ1) is 4.74. The number of rotatable bonds is 1. The van der Waals surface area contributed by atoms with Crippen LogP contribution in [-0.2, 0) is 0 Å². The minimum atomic E-state index is 0.366. The van der Waals surface area contributed by atoms with E-state index in [9.17, 15) is 0 Å². The molecular formula is C5H5BrClN3. The lowest BCUT2D eigenvalue weighted by molar-refractivity contribution is 1.26. The maximum absolute atomic E-state index is 5.62. The molecule has 3 N–H and O–H groups in total. The number of nitrogen functional groups attached to an aromatic ring is 1. The summed E-state index contributed by atoms with van der Waals surface area (Å²) in [6.07, 6.45) is 1.60. The third kappa shape index (κ3) is 1.59. The molecule has 54 valence electrons. The van der Waals surface area contributed by atoms with Gasteiger partial charge >= 0.3 is 0 Å². The molecule has 0 spiro atoms. The fourth-order valence-electron chi connectivity index (χ4n) is 0.524. The van der Waals surface area contributed by atoms with E-state index in [1.165, 1.54) is 0 Å². The topological polar surface area (TPSA) is 50.9 Å². The average molecular weight is 222 g/mol. The summed E-state index contributed by atoms with van der Waals surface area (Å²) in [4.78, 5) is 3.83. The van der Waals surface area contributed by atoms with E-state index >= 15 is 0 Å². The van der Waals surface area contributed by atoms with Gasteiger partial charge in [-0.3, -0.25) is 5.84 Å². The van der Waals surface area contributed by atoms with Gasteiger partial charge in [0, 0.05) is 10.7 Å². The summed E-state index contributed by atoms with van der Waals surface area (Å²) in [5.41, 5.74) is 3.02. The van der Waals surface area contributed by atoms with Crippen molar-refractivity contribution in [3.63, 3.8) is 0 Å².